The molecule has 0 radical (unpaired) electrons. The molecule has 0 atom stereocenters. The third-order valence-corrected chi connectivity index (χ3v) is 2.45. The molecule has 72 valence electrons. The average Bonchev–Trinajstić information content (AvgIpc) is 2.59. The van der Waals surface area contributed by atoms with Gasteiger partial charge in [0.2, 0.25) is 0 Å². The van der Waals surface area contributed by atoms with Crippen molar-refractivity contribution in [2.24, 2.45) is 10.9 Å². The first kappa shape index (κ1) is 9.01. The van der Waals surface area contributed by atoms with Crippen molar-refractivity contribution in [1.29, 1.82) is 0 Å². The third kappa shape index (κ3) is 1.33. The summed E-state index contributed by atoms with van der Waals surface area (Å²) in [4.78, 5) is 4.12. The van der Waals surface area contributed by atoms with Gasteiger partial charge in [-0.2, -0.15) is 0 Å². The summed E-state index contributed by atoms with van der Waals surface area (Å²) in [6.07, 6.45) is 3.42. The Morgan fingerprint density at radius 2 is 2.36 bits per heavy atom. The van der Waals surface area contributed by atoms with Gasteiger partial charge in [-0.05, 0) is 28.1 Å². The summed E-state index contributed by atoms with van der Waals surface area (Å²) in [5.41, 5.74) is 6.89. The van der Waals surface area contributed by atoms with E-state index in [0.29, 0.717) is 5.56 Å². The Hall–Kier alpha value is -1.56. The fourth-order valence-corrected chi connectivity index (χ4v) is 1.55. The molecule has 2 heterocycles. The molecule has 0 aliphatic carbocycles. The lowest BCUT2D eigenvalue weighted by atomic mass is 10.2. The Morgan fingerprint density at radius 1 is 1.57 bits per heavy atom. The summed E-state index contributed by atoms with van der Waals surface area (Å²) >= 11 is 3.33. The van der Waals surface area contributed by atoms with Crippen molar-refractivity contribution in [2.45, 2.75) is 0 Å². The molecular weight excluding hydrogens is 248 g/mol. The second-order valence-corrected chi connectivity index (χ2v) is 3.52. The maximum absolute atomic E-state index is 8.51. The number of hydrogen-bond acceptors (Lipinski definition) is 3. The second-order valence-electron chi connectivity index (χ2n) is 2.71. The highest BCUT2D eigenvalue weighted by atomic mass is 79.9. The first-order valence-corrected chi connectivity index (χ1v) is 4.62. The van der Waals surface area contributed by atoms with Crippen LogP contribution in [0.1, 0.15) is 5.56 Å². The SMILES string of the molecule is NC(=NO)c1ccc2ncc(Br)n2c1. The number of oxime groups is 1. The van der Waals surface area contributed by atoms with Crippen LogP contribution in [0.15, 0.2) is 34.3 Å². The number of aromatic nitrogens is 2. The molecular formula is C8H7BrN4O. The Bertz CT molecular complexity index is 505. The first-order valence-electron chi connectivity index (χ1n) is 3.83. The van der Waals surface area contributed by atoms with Gasteiger partial charge in [-0.15, -0.1) is 0 Å². The van der Waals surface area contributed by atoms with Gasteiger partial charge < -0.3 is 10.9 Å². The number of rotatable bonds is 1. The van der Waals surface area contributed by atoms with Crippen molar-refractivity contribution in [3.8, 4) is 0 Å². The highest BCUT2D eigenvalue weighted by Gasteiger charge is 2.03. The number of pyridine rings is 1. The van der Waals surface area contributed by atoms with Crippen molar-refractivity contribution in [3.63, 3.8) is 0 Å². The standard InChI is InChI=1S/C8H7BrN4O/c9-6-3-11-7-2-1-5(4-13(6)7)8(10)12-14/h1-4,14H,(H2,10,12). The average molecular weight is 255 g/mol. The molecule has 2 aromatic rings. The van der Waals surface area contributed by atoms with E-state index in [1.807, 2.05) is 0 Å². The molecule has 0 unspecified atom stereocenters. The van der Waals surface area contributed by atoms with Crippen LogP contribution in [-0.2, 0) is 0 Å². The summed E-state index contributed by atoms with van der Waals surface area (Å²) in [7, 11) is 0. The number of nitrogens with zero attached hydrogens (tertiary/aromatic N) is 3. The molecule has 0 aromatic carbocycles. The summed E-state index contributed by atoms with van der Waals surface area (Å²) < 4.78 is 2.62. The number of hydrogen-bond donors (Lipinski definition) is 2. The van der Waals surface area contributed by atoms with Crippen molar-refractivity contribution in [2.75, 3.05) is 0 Å². The molecule has 2 aromatic heterocycles. The maximum atomic E-state index is 8.51. The van der Waals surface area contributed by atoms with E-state index in [0.717, 1.165) is 10.3 Å². The van der Waals surface area contributed by atoms with E-state index in [9.17, 15) is 0 Å². The molecule has 6 heteroatoms. The fourth-order valence-electron chi connectivity index (χ4n) is 1.16. The molecule has 3 N–H and O–H groups in total. The van der Waals surface area contributed by atoms with Gasteiger partial charge in [0.1, 0.15) is 10.3 Å². The van der Waals surface area contributed by atoms with E-state index in [4.69, 9.17) is 10.9 Å². The van der Waals surface area contributed by atoms with Gasteiger partial charge in [-0.3, -0.25) is 4.40 Å². The van der Waals surface area contributed by atoms with Crippen LogP contribution in [0.5, 0.6) is 0 Å². The van der Waals surface area contributed by atoms with Gasteiger partial charge in [0, 0.05) is 11.8 Å². The minimum absolute atomic E-state index is 0.0764. The Balaban J connectivity index is 2.66. The van der Waals surface area contributed by atoms with Crippen LogP contribution in [0.25, 0.3) is 5.65 Å². The predicted molar refractivity (Wildman–Crippen MR) is 55.4 cm³/mol. The highest BCUT2D eigenvalue weighted by molar-refractivity contribution is 9.10. The van der Waals surface area contributed by atoms with Gasteiger partial charge >= 0.3 is 0 Å². The van der Waals surface area contributed by atoms with E-state index >= 15 is 0 Å². The number of fused-ring (bicyclic) bond motifs is 1. The Labute approximate surface area is 88.0 Å². The van der Waals surface area contributed by atoms with Gasteiger partial charge in [0.15, 0.2) is 5.84 Å². The quantitative estimate of drug-likeness (QED) is 0.348. The van der Waals surface area contributed by atoms with Crippen LogP contribution in [0, 0.1) is 0 Å². The molecule has 2 rings (SSSR count). The first-order chi connectivity index (χ1) is 6.72. The Kier molecular flexibility index (Phi) is 2.12. The number of imidazole rings is 1. The monoisotopic (exact) mass is 254 g/mol. The Morgan fingerprint density at radius 3 is 3.07 bits per heavy atom. The van der Waals surface area contributed by atoms with Crippen LogP contribution in [0.4, 0.5) is 0 Å². The molecule has 0 bridgehead atoms. The van der Waals surface area contributed by atoms with Crippen molar-refractivity contribution < 1.29 is 5.21 Å². The third-order valence-electron chi connectivity index (χ3n) is 1.86. The summed E-state index contributed by atoms with van der Waals surface area (Å²) in [5, 5.41) is 11.4. The molecule has 0 aliphatic rings. The minimum atomic E-state index is 0.0764. The zero-order chi connectivity index (χ0) is 10.1. The van der Waals surface area contributed by atoms with Crippen molar-refractivity contribution in [3.05, 3.63) is 34.7 Å². The molecule has 14 heavy (non-hydrogen) atoms. The van der Waals surface area contributed by atoms with Crippen molar-refractivity contribution in [1.82, 2.24) is 9.38 Å². The minimum Gasteiger partial charge on any atom is -0.409 e. The van der Waals surface area contributed by atoms with E-state index in [1.165, 1.54) is 0 Å². The second kappa shape index (κ2) is 3.30. The van der Waals surface area contributed by atoms with Crippen LogP contribution in [-0.4, -0.2) is 20.4 Å². The van der Waals surface area contributed by atoms with Gasteiger partial charge in [0.25, 0.3) is 0 Å². The molecule has 0 amide bonds. The van der Waals surface area contributed by atoms with Crippen LogP contribution >= 0.6 is 15.9 Å². The topological polar surface area (TPSA) is 75.9 Å². The summed E-state index contributed by atoms with van der Waals surface area (Å²) in [5.74, 6) is 0.0764. The number of nitrogens with two attached hydrogens (primary N) is 1. The summed E-state index contributed by atoms with van der Waals surface area (Å²) in [6, 6.07) is 3.53. The molecule has 0 spiro atoms. The molecule has 0 fully saturated rings. The van der Waals surface area contributed by atoms with Crippen LogP contribution in [0.2, 0.25) is 0 Å². The zero-order valence-electron chi connectivity index (χ0n) is 7.05. The van der Waals surface area contributed by atoms with Gasteiger partial charge in [0.05, 0.1) is 6.20 Å². The molecule has 0 saturated heterocycles. The molecule has 5 nitrogen and oxygen atoms in total. The lowest BCUT2D eigenvalue weighted by Crippen LogP contribution is -2.13. The molecule has 0 saturated carbocycles. The van der Waals surface area contributed by atoms with Crippen LogP contribution < -0.4 is 5.73 Å². The van der Waals surface area contributed by atoms with E-state index in [-0.39, 0.29) is 5.84 Å². The smallest absolute Gasteiger partial charge is 0.171 e. The van der Waals surface area contributed by atoms with E-state index in [2.05, 4.69) is 26.1 Å². The van der Waals surface area contributed by atoms with Crippen LogP contribution in [0.3, 0.4) is 0 Å². The lowest BCUT2D eigenvalue weighted by molar-refractivity contribution is 0.318. The number of halogens is 1. The zero-order valence-corrected chi connectivity index (χ0v) is 8.64. The maximum Gasteiger partial charge on any atom is 0.171 e. The van der Waals surface area contributed by atoms with E-state index in [1.54, 1.807) is 28.9 Å². The van der Waals surface area contributed by atoms with Gasteiger partial charge in [-0.25, -0.2) is 4.98 Å². The predicted octanol–water partition coefficient (Wildman–Crippen LogP) is 1.19. The van der Waals surface area contributed by atoms with E-state index < -0.39 is 0 Å². The summed E-state index contributed by atoms with van der Waals surface area (Å²) in [6.45, 7) is 0. The van der Waals surface area contributed by atoms with Crippen molar-refractivity contribution >= 4 is 27.4 Å². The normalized spacial score (nSPS) is 12.2. The lowest BCUT2D eigenvalue weighted by Gasteiger charge is -2.00. The highest BCUT2D eigenvalue weighted by Crippen LogP contribution is 2.13. The molecule has 0 aliphatic heterocycles. The fraction of sp³-hybridized carbons (Fsp3) is 0. The number of amidine groups is 1. The largest absolute Gasteiger partial charge is 0.409 e. The van der Waals surface area contributed by atoms with Gasteiger partial charge in [-0.1, -0.05) is 5.16 Å².